The fourth-order valence-electron chi connectivity index (χ4n) is 1.57. The number of halogens is 1. The van der Waals surface area contributed by atoms with Gasteiger partial charge in [0.2, 0.25) is 0 Å². The van der Waals surface area contributed by atoms with Crippen LogP contribution in [0.15, 0.2) is 40.2 Å². The highest BCUT2D eigenvalue weighted by atomic mass is 35.5. The molecule has 0 spiro atoms. The number of anilines is 1. The summed E-state index contributed by atoms with van der Waals surface area (Å²) in [5.41, 5.74) is 1.37. The Balaban J connectivity index is 2.10. The standard InChI is InChI=1S/C13H14ClN3OS/c1-17-13(18)12(14)11(8-16-17)15-7-9-3-5-10(19-2)6-4-9/h3-6,8,15H,7H2,1-2H3. The summed E-state index contributed by atoms with van der Waals surface area (Å²) >= 11 is 7.68. The molecule has 0 radical (unpaired) electrons. The number of aromatic nitrogens is 2. The molecule has 6 heteroatoms. The molecule has 100 valence electrons. The summed E-state index contributed by atoms with van der Waals surface area (Å²) < 4.78 is 1.21. The third kappa shape index (κ3) is 3.30. The van der Waals surface area contributed by atoms with E-state index in [9.17, 15) is 4.79 Å². The van der Waals surface area contributed by atoms with E-state index in [4.69, 9.17) is 11.6 Å². The lowest BCUT2D eigenvalue weighted by molar-refractivity contribution is 0.708. The molecular formula is C13H14ClN3OS. The first-order valence-corrected chi connectivity index (χ1v) is 7.30. The molecule has 0 aliphatic carbocycles. The van der Waals surface area contributed by atoms with Crippen molar-refractivity contribution in [3.8, 4) is 0 Å². The van der Waals surface area contributed by atoms with Crippen molar-refractivity contribution in [2.45, 2.75) is 11.4 Å². The Morgan fingerprint density at radius 1 is 1.37 bits per heavy atom. The summed E-state index contributed by atoms with van der Waals surface area (Å²) in [5.74, 6) is 0. The number of nitrogens with one attached hydrogen (secondary N) is 1. The molecule has 1 N–H and O–H groups in total. The van der Waals surface area contributed by atoms with Gasteiger partial charge in [-0.2, -0.15) is 5.10 Å². The van der Waals surface area contributed by atoms with Crippen molar-refractivity contribution < 1.29 is 0 Å². The molecule has 4 nitrogen and oxygen atoms in total. The summed E-state index contributed by atoms with van der Waals surface area (Å²) in [6, 6.07) is 8.21. The van der Waals surface area contributed by atoms with Gasteiger partial charge in [-0.25, -0.2) is 4.68 Å². The number of rotatable bonds is 4. The van der Waals surface area contributed by atoms with Crippen LogP contribution in [0.3, 0.4) is 0 Å². The van der Waals surface area contributed by atoms with Gasteiger partial charge in [-0.15, -0.1) is 11.8 Å². The van der Waals surface area contributed by atoms with Gasteiger partial charge in [0, 0.05) is 18.5 Å². The molecule has 1 aromatic carbocycles. The average molecular weight is 296 g/mol. The van der Waals surface area contributed by atoms with Gasteiger partial charge in [0.15, 0.2) is 0 Å². The first-order chi connectivity index (χ1) is 9.11. The minimum atomic E-state index is -0.301. The second-order valence-electron chi connectivity index (χ2n) is 4.00. The van der Waals surface area contributed by atoms with Crippen LogP contribution in [-0.4, -0.2) is 16.0 Å². The molecule has 0 saturated carbocycles. The predicted molar refractivity (Wildman–Crippen MR) is 80.0 cm³/mol. The summed E-state index contributed by atoms with van der Waals surface area (Å²) in [7, 11) is 1.57. The highest BCUT2D eigenvalue weighted by Gasteiger charge is 2.06. The molecule has 0 unspecified atom stereocenters. The Labute approximate surface area is 120 Å². The quantitative estimate of drug-likeness (QED) is 0.881. The van der Waals surface area contributed by atoms with Crippen molar-refractivity contribution in [2.24, 2.45) is 7.05 Å². The third-order valence-electron chi connectivity index (χ3n) is 2.72. The Morgan fingerprint density at radius 2 is 2.05 bits per heavy atom. The van der Waals surface area contributed by atoms with Crippen LogP contribution in [0.1, 0.15) is 5.56 Å². The first-order valence-electron chi connectivity index (χ1n) is 5.70. The van der Waals surface area contributed by atoms with Crippen molar-refractivity contribution >= 4 is 29.1 Å². The maximum absolute atomic E-state index is 11.6. The van der Waals surface area contributed by atoms with Gasteiger partial charge >= 0.3 is 0 Å². The Kier molecular flexibility index (Phi) is 4.50. The number of nitrogens with zero attached hydrogens (tertiary/aromatic N) is 2. The van der Waals surface area contributed by atoms with Crippen LogP contribution >= 0.6 is 23.4 Å². The van der Waals surface area contributed by atoms with Gasteiger partial charge in [0.05, 0.1) is 11.9 Å². The van der Waals surface area contributed by atoms with E-state index in [-0.39, 0.29) is 10.6 Å². The maximum atomic E-state index is 11.6. The second kappa shape index (κ2) is 6.12. The molecule has 1 aromatic heterocycles. The van der Waals surface area contributed by atoms with Crippen molar-refractivity contribution in [3.63, 3.8) is 0 Å². The van der Waals surface area contributed by atoms with E-state index < -0.39 is 0 Å². The summed E-state index contributed by atoms with van der Waals surface area (Å²) in [5, 5.41) is 7.22. The number of benzene rings is 1. The van der Waals surface area contributed by atoms with Gasteiger partial charge in [-0.3, -0.25) is 4.79 Å². The van der Waals surface area contributed by atoms with E-state index in [0.717, 1.165) is 5.56 Å². The van der Waals surface area contributed by atoms with Crippen molar-refractivity contribution in [3.05, 3.63) is 51.4 Å². The second-order valence-corrected chi connectivity index (χ2v) is 5.26. The lowest BCUT2D eigenvalue weighted by atomic mass is 10.2. The highest BCUT2D eigenvalue weighted by Crippen LogP contribution is 2.18. The average Bonchev–Trinajstić information content (AvgIpc) is 2.45. The van der Waals surface area contributed by atoms with Crippen LogP contribution in [0, 0.1) is 0 Å². The largest absolute Gasteiger partial charge is 0.378 e. The zero-order valence-electron chi connectivity index (χ0n) is 10.7. The zero-order valence-corrected chi connectivity index (χ0v) is 12.3. The van der Waals surface area contributed by atoms with Crippen molar-refractivity contribution in [1.82, 2.24) is 9.78 Å². The molecule has 0 aliphatic rings. The van der Waals surface area contributed by atoms with Crippen molar-refractivity contribution in [2.75, 3.05) is 11.6 Å². The van der Waals surface area contributed by atoms with Gasteiger partial charge in [-0.1, -0.05) is 23.7 Å². The van der Waals surface area contributed by atoms with Crippen LogP contribution in [0.4, 0.5) is 5.69 Å². The minimum Gasteiger partial charge on any atom is -0.378 e. The number of aryl methyl sites for hydroxylation is 1. The van der Waals surface area contributed by atoms with Gasteiger partial charge in [0.25, 0.3) is 5.56 Å². The minimum absolute atomic E-state index is 0.165. The van der Waals surface area contributed by atoms with E-state index in [1.807, 2.05) is 18.4 Å². The van der Waals surface area contributed by atoms with Crippen LogP contribution < -0.4 is 10.9 Å². The topological polar surface area (TPSA) is 46.9 Å². The van der Waals surface area contributed by atoms with Crippen LogP contribution in [-0.2, 0) is 13.6 Å². The normalized spacial score (nSPS) is 10.5. The molecule has 0 aliphatic heterocycles. The molecule has 0 fully saturated rings. The fraction of sp³-hybridized carbons (Fsp3) is 0.231. The van der Waals surface area contributed by atoms with Crippen LogP contribution in [0.2, 0.25) is 5.02 Å². The van der Waals surface area contributed by atoms with E-state index in [0.29, 0.717) is 12.2 Å². The van der Waals surface area contributed by atoms with E-state index in [1.165, 1.54) is 9.58 Å². The van der Waals surface area contributed by atoms with Gasteiger partial charge in [0.1, 0.15) is 5.02 Å². The summed E-state index contributed by atoms with van der Waals surface area (Å²) in [4.78, 5) is 12.8. The molecule has 19 heavy (non-hydrogen) atoms. The van der Waals surface area contributed by atoms with Gasteiger partial charge < -0.3 is 5.32 Å². The highest BCUT2D eigenvalue weighted by molar-refractivity contribution is 7.98. The van der Waals surface area contributed by atoms with Crippen LogP contribution in [0.5, 0.6) is 0 Å². The number of hydrogen-bond acceptors (Lipinski definition) is 4. The molecule has 0 atom stereocenters. The summed E-state index contributed by atoms with van der Waals surface area (Å²) in [6.45, 7) is 0.600. The summed E-state index contributed by atoms with van der Waals surface area (Å²) in [6.07, 6.45) is 3.60. The lowest BCUT2D eigenvalue weighted by Gasteiger charge is -2.08. The Hall–Kier alpha value is -1.46. The predicted octanol–water partition coefficient (Wildman–Crippen LogP) is 2.77. The molecule has 1 heterocycles. The number of hydrogen-bond donors (Lipinski definition) is 1. The fourth-order valence-corrected chi connectivity index (χ4v) is 2.22. The molecule has 0 saturated heterocycles. The SMILES string of the molecule is CSc1ccc(CNc2cnn(C)c(=O)c2Cl)cc1. The van der Waals surface area contributed by atoms with Gasteiger partial charge in [-0.05, 0) is 24.0 Å². The number of thioether (sulfide) groups is 1. The first kappa shape index (κ1) is 14.0. The molecule has 0 amide bonds. The molecule has 2 rings (SSSR count). The lowest BCUT2D eigenvalue weighted by Crippen LogP contribution is -2.21. The molecule has 0 bridgehead atoms. The monoisotopic (exact) mass is 295 g/mol. The Morgan fingerprint density at radius 3 is 2.68 bits per heavy atom. The van der Waals surface area contributed by atoms with E-state index in [1.54, 1.807) is 25.0 Å². The van der Waals surface area contributed by atoms with Crippen LogP contribution in [0.25, 0.3) is 0 Å². The third-order valence-corrected chi connectivity index (χ3v) is 3.83. The molecular weight excluding hydrogens is 282 g/mol. The van der Waals surface area contributed by atoms with E-state index >= 15 is 0 Å². The van der Waals surface area contributed by atoms with Crippen molar-refractivity contribution in [1.29, 1.82) is 0 Å². The smallest absolute Gasteiger partial charge is 0.287 e. The maximum Gasteiger partial charge on any atom is 0.287 e. The Bertz CT molecular complexity index is 625. The van der Waals surface area contributed by atoms with E-state index in [2.05, 4.69) is 22.5 Å². The molecule has 2 aromatic rings. The zero-order chi connectivity index (χ0) is 13.8.